The largest absolute Gasteiger partial charge is 0.246 e. The van der Waals surface area contributed by atoms with Crippen LogP contribution in [0, 0.1) is 11.8 Å². The van der Waals surface area contributed by atoms with Gasteiger partial charge in [-0.05, 0) is 31.1 Å². The molecule has 1 unspecified atom stereocenters. The lowest BCUT2D eigenvalue weighted by Crippen LogP contribution is -1.97. The van der Waals surface area contributed by atoms with E-state index in [0.717, 1.165) is 23.7 Å². The summed E-state index contributed by atoms with van der Waals surface area (Å²) < 4.78 is 0. The van der Waals surface area contributed by atoms with Gasteiger partial charge in [-0.3, -0.25) is 0 Å². The number of rotatable bonds is 4. The highest BCUT2D eigenvalue weighted by atomic mass is 32.1. The monoisotopic (exact) mass is 249 g/mol. The molecule has 2 aliphatic rings. The summed E-state index contributed by atoms with van der Waals surface area (Å²) in [5, 5.41) is 3.79. The molecule has 1 heterocycles. The minimum atomic E-state index is 0.801. The highest BCUT2D eigenvalue weighted by molar-refractivity contribution is 7.09. The van der Waals surface area contributed by atoms with E-state index in [1.54, 1.807) is 0 Å². The van der Waals surface area contributed by atoms with Gasteiger partial charge in [0.25, 0.3) is 0 Å². The van der Waals surface area contributed by atoms with Crippen molar-refractivity contribution in [2.45, 2.75) is 64.2 Å². The molecule has 1 aromatic heterocycles. The lowest BCUT2D eigenvalue weighted by molar-refractivity contribution is 0.481. The standard InChI is InChI=1S/C15H23NS/c1-3-10(2)12-8-13(12)14-9-17-15(16-14)11-6-4-5-7-11/h9-13H,3-8H2,1-2H3/t10?,12-,13+/m0/s1. The maximum Gasteiger partial charge on any atom is 0.0959 e. The fourth-order valence-electron chi connectivity index (χ4n) is 3.32. The van der Waals surface area contributed by atoms with E-state index in [1.165, 1.54) is 49.2 Å². The Kier molecular flexibility index (Phi) is 3.25. The summed E-state index contributed by atoms with van der Waals surface area (Å²) in [5.74, 6) is 3.42. The first kappa shape index (κ1) is 11.7. The zero-order chi connectivity index (χ0) is 11.8. The SMILES string of the molecule is CCC(C)[C@@H]1C[C@H]1c1csc(C2CCCC2)n1. The van der Waals surface area contributed by atoms with Gasteiger partial charge < -0.3 is 0 Å². The van der Waals surface area contributed by atoms with E-state index in [2.05, 4.69) is 19.2 Å². The maximum absolute atomic E-state index is 4.94. The second kappa shape index (κ2) is 4.72. The molecule has 1 nitrogen and oxygen atoms in total. The van der Waals surface area contributed by atoms with Gasteiger partial charge in [0.05, 0.1) is 10.7 Å². The zero-order valence-electron chi connectivity index (χ0n) is 11.0. The van der Waals surface area contributed by atoms with Crippen LogP contribution in [-0.2, 0) is 0 Å². The van der Waals surface area contributed by atoms with Gasteiger partial charge in [-0.1, -0.05) is 33.1 Å². The second-order valence-electron chi connectivity index (χ2n) is 5.98. The van der Waals surface area contributed by atoms with Crippen LogP contribution in [0.5, 0.6) is 0 Å². The maximum atomic E-state index is 4.94. The minimum Gasteiger partial charge on any atom is -0.246 e. The van der Waals surface area contributed by atoms with Crippen molar-refractivity contribution in [1.82, 2.24) is 4.98 Å². The van der Waals surface area contributed by atoms with Crippen LogP contribution in [0.4, 0.5) is 0 Å². The van der Waals surface area contributed by atoms with E-state index in [1.807, 2.05) is 11.3 Å². The molecule has 2 saturated carbocycles. The zero-order valence-corrected chi connectivity index (χ0v) is 11.8. The van der Waals surface area contributed by atoms with Gasteiger partial charge in [-0.25, -0.2) is 4.98 Å². The van der Waals surface area contributed by atoms with E-state index >= 15 is 0 Å². The molecule has 1 aromatic rings. The van der Waals surface area contributed by atoms with Gasteiger partial charge in [0.15, 0.2) is 0 Å². The van der Waals surface area contributed by atoms with Crippen LogP contribution in [0.15, 0.2) is 5.38 Å². The van der Waals surface area contributed by atoms with E-state index in [4.69, 9.17) is 4.98 Å². The van der Waals surface area contributed by atoms with Crippen molar-refractivity contribution in [2.24, 2.45) is 11.8 Å². The van der Waals surface area contributed by atoms with E-state index < -0.39 is 0 Å². The molecule has 3 atom stereocenters. The van der Waals surface area contributed by atoms with E-state index in [0.29, 0.717) is 0 Å². The smallest absolute Gasteiger partial charge is 0.0959 e. The fourth-order valence-corrected chi connectivity index (χ4v) is 4.37. The quantitative estimate of drug-likeness (QED) is 0.735. The van der Waals surface area contributed by atoms with Crippen LogP contribution in [0.2, 0.25) is 0 Å². The summed E-state index contributed by atoms with van der Waals surface area (Å²) in [4.78, 5) is 4.94. The number of hydrogen-bond acceptors (Lipinski definition) is 2. The molecular weight excluding hydrogens is 226 g/mol. The van der Waals surface area contributed by atoms with Crippen LogP contribution in [-0.4, -0.2) is 4.98 Å². The summed E-state index contributed by atoms with van der Waals surface area (Å²) >= 11 is 1.93. The minimum absolute atomic E-state index is 0.801. The molecule has 2 heteroatoms. The van der Waals surface area contributed by atoms with Gasteiger partial charge in [-0.15, -0.1) is 11.3 Å². The highest BCUT2D eigenvalue weighted by Gasteiger charge is 2.42. The van der Waals surface area contributed by atoms with Crippen LogP contribution < -0.4 is 0 Å². The molecule has 2 aliphatic carbocycles. The third-order valence-corrected chi connectivity index (χ3v) is 5.86. The Morgan fingerprint density at radius 2 is 2.18 bits per heavy atom. The molecule has 0 amide bonds. The molecule has 2 fully saturated rings. The molecule has 0 N–H and O–H groups in total. The van der Waals surface area contributed by atoms with E-state index in [-0.39, 0.29) is 0 Å². The molecule has 0 bridgehead atoms. The fraction of sp³-hybridized carbons (Fsp3) is 0.800. The molecule has 0 radical (unpaired) electrons. The first-order chi connectivity index (χ1) is 8.29. The van der Waals surface area contributed by atoms with Crippen molar-refractivity contribution in [3.8, 4) is 0 Å². The molecular formula is C15H23NS. The Morgan fingerprint density at radius 1 is 1.41 bits per heavy atom. The summed E-state index contributed by atoms with van der Waals surface area (Å²) in [6, 6.07) is 0. The number of nitrogens with zero attached hydrogens (tertiary/aromatic N) is 1. The van der Waals surface area contributed by atoms with Crippen molar-refractivity contribution >= 4 is 11.3 Å². The van der Waals surface area contributed by atoms with Crippen molar-refractivity contribution in [3.63, 3.8) is 0 Å². The molecule has 0 spiro atoms. The first-order valence-electron chi connectivity index (χ1n) is 7.25. The second-order valence-corrected chi connectivity index (χ2v) is 6.87. The van der Waals surface area contributed by atoms with Gasteiger partial charge in [0.2, 0.25) is 0 Å². The van der Waals surface area contributed by atoms with Crippen molar-refractivity contribution in [2.75, 3.05) is 0 Å². The Morgan fingerprint density at radius 3 is 2.88 bits per heavy atom. The van der Waals surface area contributed by atoms with Crippen LogP contribution in [0.3, 0.4) is 0 Å². The topological polar surface area (TPSA) is 12.9 Å². The van der Waals surface area contributed by atoms with E-state index in [9.17, 15) is 0 Å². The molecule has 0 aliphatic heterocycles. The van der Waals surface area contributed by atoms with Crippen molar-refractivity contribution in [1.29, 1.82) is 0 Å². The average molecular weight is 249 g/mol. The Balaban J connectivity index is 1.65. The lowest BCUT2D eigenvalue weighted by atomic mass is 10.0. The lowest BCUT2D eigenvalue weighted by Gasteiger charge is -2.06. The third kappa shape index (κ3) is 2.29. The molecule has 0 aromatic carbocycles. The van der Waals surface area contributed by atoms with Gasteiger partial charge >= 0.3 is 0 Å². The first-order valence-corrected chi connectivity index (χ1v) is 8.13. The molecule has 17 heavy (non-hydrogen) atoms. The van der Waals surface area contributed by atoms with Crippen LogP contribution in [0.25, 0.3) is 0 Å². The predicted octanol–water partition coefficient (Wildman–Crippen LogP) is 4.95. The summed E-state index contributed by atoms with van der Waals surface area (Å²) in [6.45, 7) is 4.71. The van der Waals surface area contributed by atoms with Crippen LogP contribution in [0.1, 0.15) is 74.9 Å². The number of aromatic nitrogens is 1. The normalized spacial score (nSPS) is 30.7. The van der Waals surface area contributed by atoms with Gasteiger partial charge in [0, 0.05) is 17.2 Å². The molecule has 0 saturated heterocycles. The van der Waals surface area contributed by atoms with Gasteiger partial charge in [-0.2, -0.15) is 0 Å². The number of thiazole rings is 1. The van der Waals surface area contributed by atoms with Crippen molar-refractivity contribution in [3.05, 3.63) is 16.1 Å². The van der Waals surface area contributed by atoms with Gasteiger partial charge in [0.1, 0.15) is 0 Å². The summed E-state index contributed by atoms with van der Waals surface area (Å²) in [7, 11) is 0. The van der Waals surface area contributed by atoms with Crippen molar-refractivity contribution < 1.29 is 0 Å². The highest BCUT2D eigenvalue weighted by Crippen LogP contribution is 2.53. The van der Waals surface area contributed by atoms with Crippen LogP contribution >= 0.6 is 11.3 Å². The Hall–Kier alpha value is -0.370. The Bertz CT molecular complexity index is 378. The summed E-state index contributed by atoms with van der Waals surface area (Å²) in [6.07, 6.45) is 8.31. The molecule has 3 rings (SSSR count). The third-order valence-electron chi connectivity index (χ3n) is 4.84. The summed E-state index contributed by atoms with van der Waals surface area (Å²) in [5.41, 5.74) is 1.42. The Labute approximate surface area is 109 Å². The average Bonchev–Trinajstić information content (AvgIpc) is 2.83. The number of hydrogen-bond donors (Lipinski definition) is 0. The molecule has 94 valence electrons. The predicted molar refractivity (Wildman–Crippen MR) is 73.6 cm³/mol.